The number of rotatable bonds is 6. The van der Waals surface area contributed by atoms with Gasteiger partial charge in [-0.25, -0.2) is 13.1 Å². The summed E-state index contributed by atoms with van der Waals surface area (Å²) in [5.74, 6) is 0. The highest BCUT2D eigenvalue weighted by Crippen LogP contribution is 2.20. The van der Waals surface area contributed by atoms with Gasteiger partial charge in [-0.15, -0.1) is 0 Å². The third kappa shape index (κ3) is 3.88. The largest absolute Gasteiger partial charge is 0.241 e. The molecule has 3 nitrogen and oxygen atoms in total. The Bertz CT molecular complexity index is 431. The van der Waals surface area contributed by atoms with Crippen molar-refractivity contribution in [2.24, 2.45) is 0 Å². The molecule has 16 heavy (non-hydrogen) atoms. The van der Waals surface area contributed by atoms with Gasteiger partial charge in [0, 0.05) is 11.0 Å². The summed E-state index contributed by atoms with van der Waals surface area (Å²) in [4.78, 5) is 0.298. The third-order valence-electron chi connectivity index (χ3n) is 2.20. The number of unbranched alkanes of at least 4 members (excludes halogenated alkanes) is 2. The average molecular weight is 306 g/mol. The lowest BCUT2D eigenvalue weighted by Crippen LogP contribution is -2.25. The van der Waals surface area contributed by atoms with Crippen molar-refractivity contribution in [2.75, 3.05) is 6.54 Å². The Hall–Kier alpha value is -0.390. The Kier molecular flexibility index (Phi) is 5.44. The molecular formula is C11H16BrNO2S. The predicted octanol–water partition coefficient (Wildman–Crippen LogP) is 2.92. The molecule has 0 spiro atoms. The topological polar surface area (TPSA) is 46.2 Å². The van der Waals surface area contributed by atoms with Crippen LogP contribution in [0.4, 0.5) is 0 Å². The quantitative estimate of drug-likeness (QED) is 0.821. The van der Waals surface area contributed by atoms with Gasteiger partial charge in [-0.05, 0) is 34.5 Å². The lowest BCUT2D eigenvalue weighted by molar-refractivity contribution is 0.575. The molecule has 1 rings (SSSR count). The van der Waals surface area contributed by atoms with Crippen LogP contribution in [-0.2, 0) is 10.0 Å². The molecule has 0 aliphatic carbocycles. The summed E-state index contributed by atoms with van der Waals surface area (Å²) in [5, 5.41) is 0. The molecule has 1 aromatic carbocycles. The van der Waals surface area contributed by atoms with Crippen LogP contribution in [0.25, 0.3) is 0 Å². The Labute approximate surface area is 105 Å². The van der Waals surface area contributed by atoms with E-state index >= 15 is 0 Å². The SMILES string of the molecule is CCCCCNS(=O)(=O)c1ccccc1Br. The van der Waals surface area contributed by atoms with Crippen molar-refractivity contribution in [2.45, 2.75) is 31.1 Å². The van der Waals surface area contributed by atoms with Crippen molar-refractivity contribution < 1.29 is 8.42 Å². The maximum absolute atomic E-state index is 11.9. The Morgan fingerprint density at radius 3 is 2.56 bits per heavy atom. The number of hydrogen-bond acceptors (Lipinski definition) is 2. The van der Waals surface area contributed by atoms with Crippen molar-refractivity contribution in [3.63, 3.8) is 0 Å². The second-order valence-corrected chi connectivity index (χ2v) is 6.13. The molecule has 5 heteroatoms. The molecule has 0 fully saturated rings. The first-order valence-corrected chi connectivity index (χ1v) is 7.59. The van der Waals surface area contributed by atoms with Gasteiger partial charge in [-0.3, -0.25) is 0 Å². The lowest BCUT2D eigenvalue weighted by atomic mass is 10.3. The van der Waals surface area contributed by atoms with Gasteiger partial charge >= 0.3 is 0 Å². The molecule has 0 atom stereocenters. The van der Waals surface area contributed by atoms with E-state index in [0.29, 0.717) is 15.9 Å². The van der Waals surface area contributed by atoms with Crippen LogP contribution in [0.15, 0.2) is 33.6 Å². The molecule has 0 aliphatic rings. The fourth-order valence-electron chi connectivity index (χ4n) is 1.32. The van der Waals surface area contributed by atoms with Crippen molar-refractivity contribution >= 4 is 26.0 Å². The normalized spacial score (nSPS) is 11.6. The minimum atomic E-state index is -3.37. The van der Waals surface area contributed by atoms with Crippen molar-refractivity contribution in [3.8, 4) is 0 Å². The summed E-state index contributed by atoms with van der Waals surface area (Å²) >= 11 is 3.24. The Morgan fingerprint density at radius 1 is 1.25 bits per heavy atom. The molecule has 90 valence electrons. The van der Waals surface area contributed by atoms with Gasteiger partial charge in [0.05, 0.1) is 4.90 Å². The van der Waals surface area contributed by atoms with Gasteiger partial charge in [0.1, 0.15) is 0 Å². The molecule has 0 saturated heterocycles. The number of nitrogens with one attached hydrogen (secondary N) is 1. The zero-order valence-electron chi connectivity index (χ0n) is 9.24. The Balaban J connectivity index is 2.68. The first-order chi connectivity index (χ1) is 7.58. The van der Waals surface area contributed by atoms with E-state index in [1.807, 2.05) is 0 Å². The van der Waals surface area contributed by atoms with Crippen molar-refractivity contribution in [1.29, 1.82) is 0 Å². The fourth-order valence-corrected chi connectivity index (χ4v) is 3.40. The van der Waals surface area contributed by atoms with Crippen LogP contribution in [0.2, 0.25) is 0 Å². The summed E-state index contributed by atoms with van der Waals surface area (Å²) < 4.78 is 26.9. The summed E-state index contributed by atoms with van der Waals surface area (Å²) in [6, 6.07) is 6.82. The van der Waals surface area contributed by atoms with Crippen LogP contribution in [-0.4, -0.2) is 15.0 Å². The van der Waals surface area contributed by atoms with E-state index in [0.717, 1.165) is 19.3 Å². The molecule has 0 aliphatic heterocycles. The minimum Gasteiger partial charge on any atom is -0.211 e. The van der Waals surface area contributed by atoms with Gasteiger partial charge in [-0.1, -0.05) is 31.9 Å². The molecule has 0 radical (unpaired) electrons. The van der Waals surface area contributed by atoms with Crippen LogP contribution < -0.4 is 4.72 Å². The van der Waals surface area contributed by atoms with E-state index in [1.165, 1.54) is 0 Å². The zero-order chi connectivity index (χ0) is 12.0. The third-order valence-corrected chi connectivity index (χ3v) is 4.67. The smallest absolute Gasteiger partial charge is 0.211 e. The van der Waals surface area contributed by atoms with Crippen LogP contribution in [0.5, 0.6) is 0 Å². The van der Waals surface area contributed by atoms with Gasteiger partial charge in [0.15, 0.2) is 0 Å². The number of sulfonamides is 1. The van der Waals surface area contributed by atoms with E-state index < -0.39 is 10.0 Å². The van der Waals surface area contributed by atoms with E-state index in [9.17, 15) is 8.42 Å². The highest BCUT2D eigenvalue weighted by atomic mass is 79.9. The first-order valence-electron chi connectivity index (χ1n) is 5.32. The van der Waals surface area contributed by atoms with Crippen LogP contribution in [0, 0.1) is 0 Å². The standard InChI is InChI=1S/C11H16BrNO2S/c1-2-3-6-9-13-16(14,15)11-8-5-4-7-10(11)12/h4-5,7-8,13H,2-3,6,9H2,1H3. The summed E-state index contributed by atoms with van der Waals surface area (Å²) in [7, 11) is -3.37. The number of benzene rings is 1. The second-order valence-electron chi connectivity index (χ2n) is 3.54. The molecule has 0 unspecified atom stereocenters. The van der Waals surface area contributed by atoms with Crippen molar-refractivity contribution in [3.05, 3.63) is 28.7 Å². The highest BCUT2D eigenvalue weighted by Gasteiger charge is 2.15. The van der Waals surface area contributed by atoms with E-state index in [4.69, 9.17) is 0 Å². The molecule has 1 aromatic rings. The van der Waals surface area contributed by atoms with Crippen LogP contribution in [0.1, 0.15) is 26.2 Å². The lowest BCUT2D eigenvalue weighted by Gasteiger charge is -2.07. The average Bonchev–Trinajstić information content (AvgIpc) is 2.25. The van der Waals surface area contributed by atoms with Crippen molar-refractivity contribution in [1.82, 2.24) is 4.72 Å². The van der Waals surface area contributed by atoms with Crippen LogP contribution >= 0.6 is 15.9 Å². The monoisotopic (exact) mass is 305 g/mol. The highest BCUT2D eigenvalue weighted by molar-refractivity contribution is 9.10. The maximum Gasteiger partial charge on any atom is 0.241 e. The molecule has 0 aromatic heterocycles. The van der Waals surface area contributed by atoms with E-state index in [1.54, 1.807) is 24.3 Å². The zero-order valence-corrected chi connectivity index (χ0v) is 11.6. The van der Waals surface area contributed by atoms with Crippen LogP contribution in [0.3, 0.4) is 0 Å². The molecule has 0 bridgehead atoms. The molecule has 0 saturated carbocycles. The maximum atomic E-state index is 11.9. The fraction of sp³-hybridized carbons (Fsp3) is 0.455. The summed E-state index contributed by atoms with van der Waals surface area (Å²) in [5.41, 5.74) is 0. The van der Waals surface area contributed by atoms with Gasteiger partial charge in [0.2, 0.25) is 10.0 Å². The van der Waals surface area contributed by atoms with Gasteiger partial charge < -0.3 is 0 Å². The van der Waals surface area contributed by atoms with E-state index in [-0.39, 0.29) is 0 Å². The predicted molar refractivity (Wildman–Crippen MR) is 68.9 cm³/mol. The van der Waals surface area contributed by atoms with E-state index in [2.05, 4.69) is 27.6 Å². The molecule has 1 N–H and O–H groups in total. The Morgan fingerprint density at radius 2 is 1.94 bits per heavy atom. The molecule has 0 heterocycles. The molecule has 0 amide bonds. The minimum absolute atomic E-state index is 0.298. The first kappa shape index (κ1) is 13.7. The van der Waals surface area contributed by atoms with Gasteiger partial charge in [-0.2, -0.15) is 0 Å². The summed E-state index contributed by atoms with van der Waals surface area (Å²) in [6.45, 7) is 2.58. The molecular weight excluding hydrogens is 290 g/mol. The number of halogens is 1. The summed E-state index contributed by atoms with van der Waals surface area (Å²) in [6.07, 6.45) is 3.00. The van der Waals surface area contributed by atoms with Gasteiger partial charge in [0.25, 0.3) is 0 Å². The second kappa shape index (κ2) is 6.37. The number of hydrogen-bond donors (Lipinski definition) is 1.